The van der Waals surface area contributed by atoms with E-state index in [0.29, 0.717) is 16.7 Å². The third-order valence-electron chi connectivity index (χ3n) is 7.08. The van der Waals surface area contributed by atoms with E-state index in [4.69, 9.17) is 4.74 Å². The van der Waals surface area contributed by atoms with Crippen LogP contribution in [0.3, 0.4) is 0 Å². The predicted octanol–water partition coefficient (Wildman–Crippen LogP) is 6.34. The Kier molecular flexibility index (Phi) is 4.57. The first-order valence-electron chi connectivity index (χ1n) is 9.57. The fourth-order valence-electron chi connectivity index (χ4n) is 5.83. The van der Waals surface area contributed by atoms with Crippen molar-refractivity contribution in [2.75, 3.05) is 7.11 Å². The Labute approximate surface area is 148 Å². The summed E-state index contributed by atoms with van der Waals surface area (Å²) in [5.41, 5.74) is 5.22. The van der Waals surface area contributed by atoms with Gasteiger partial charge in [0.1, 0.15) is 5.75 Å². The second kappa shape index (κ2) is 6.24. The first-order chi connectivity index (χ1) is 11.3. The predicted molar refractivity (Wildman–Crippen MR) is 103 cm³/mol. The lowest BCUT2D eigenvalue weighted by atomic mass is 9.48. The SMILES string of the molecule is COc1cc(C)cc(CC2C(C)=CCC3C(C)(C)CCCC23C)c1. The van der Waals surface area contributed by atoms with Gasteiger partial charge in [0.15, 0.2) is 0 Å². The molecule has 1 aromatic rings. The van der Waals surface area contributed by atoms with Gasteiger partial charge in [0.2, 0.25) is 0 Å². The molecule has 2 aliphatic rings. The lowest BCUT2D eigenvalue weighted by molar-refractivity contribution is -0.0368. The zero-order valence-corrected chi connectivity index (χ0v) is 16.4. The number of rotatable bonds is 3. The van der Waals surface area contributed by atoms with Crippen molar-refractivity contribution in [1.29, 1.82) is 0 Å². The lowest BCUT2D eigenvalue weighted by Gasteiger charge is -2.57. The molecule has 1 aromatic carbocycles. The molecule has 0 aromatic heterocycles. The summed E-state index contributed by atoms with van der Waals surface area (Å²) in [6.45, 7) is 12.1. The van der Waals surface area contributed by atoms with Crippen LogP contribution >= 0.6 is 0 Å². The van der Waals surface area contributed by atoms with Gasteiger partial charge in [-0.15, -0.1) is 0 Å². The normalized spacial score (nSPS) is 32.0. The molecule has 3 unspecified atom stereocenters. The lowest BCUT2D eigenvalue weighted by Crippen LogP contribution is -2.49. The van der Waals surface area contributed by atoms with Crippen LogP contribution in [0.15, 0.2) is 29.8 Å². The van der Waals surface area contributed by atoms with E-state index in [9.17, 15) is 0 Å². The molecule has 3 rings (SSSR count). The van der Waals surface area contributed by atoms with E-state index in [1.807, 2.05) is 0 Å². The molecule has 0 saturated heterocycles. The Bertz CT molecular complexity index is 639. The third-order valence-corrected chi connectivity index (χ3v) is 7.08. The van der Waals surface area contributed by atoms with E-state index >= 15 is 0 Å². The summed E-state index contributed by atoms with van der Waals surface area (Å²) in [7, 11) is 1.77. The van der Waals surface area contributed by atoms with E-state index in [2.05, 4.69) is 58.9 Å². The van der Waals surface area contributed by atoms with Gasteiger partial charge in [0.05, 0.1) is 7.11 Å². The molecule has 0 heterocycles. The van der Waals surface area contributed by atoms with Crippen LogP contribution in [0.4, 0.5) is 0 Å². The summed E-state index contributed by atoms with van der Waals surface area (Å²) in [5, 5.41) is 0. The number of ether oxygens (including phenoxy) is 1. The Morgan fingerprint density at radius 2 is 1.83 bits per heavy atom. The molecular formula is C23H34O. The van der Waals surface area contributed by atoms with Gasteiger partial charge in [-0.05, 0) is 85.5 Å². The summed E-state index contributed by atoms with van der Waals surface area (Å²) in [5.74, 6) is 2.45. The van der Waals surface area contributed by atoms with Gasteiger partial charge >= 0.3 is 0 Å². The van der Waals surface area contributed by atoms with Crippen LogP contribution in [-0.2, 0) is 6.42 Å². The number of benzene rings is 1. The van der Waals surface area contributed by atoms with Crippen LogP contribution in [0.25, 0.3) is 0 Å². The fourth-order valence-corrected chi connectivity index (χ4v) is 5.83. The quantitative estimate of drug-likeness (QED) is 0.588. The monoisotopic (exact) mass is 326 g/mol. The minimum atomic E-state index is 0.428. The van der Waals surface area contributed by atoms with E-state index in [1.54, 1.807) is 12.7 Å². The molecule has 1 nitrogen and oxygen atoms in total. The first-order valence-corrected chi connectivity index (χ1v) is 9.57. The Hall–Kier alpha value is -1.24. The van der Waals surface area contributed by atoms with Crippen LogP contribution in [-0.4, -0.2) is 7.11 Å². The van der Waals surface area contributed by atoms with Crippen molar-refractivity contribution in [3.8, 4) is 5.75 Å². The van der Waals surface area contributed by atoms with Gasteiger partial charge in [-0.1, -0.05) is 44.9 Å². The number of aryl methyl sites for hydroxylation is 1. The topological polar surface area (TPSA) is 9.23 Å². The molecule has 0 N–H and O–H groups in total. The Morgan fingerprint density at radius 3 is 2.54 bits per heavy atom. The maximum atomic E-state index is 5.50. The highest BCUT2D eigenvalue weighted by molar-refractivity contribution is 5.35. The van der Waals surface area contributed by atoms with Crippen LogP contribution in [0, 0.1) is 29.6 Å². The highest BCUT2D eigenvalue weighted by Crippen LogP contribution is 2.60. The number of allylic oxidation sites excluding steroid dienone is 2. The van der Waals surface area contributed by atoms with Gasteiger partial charge in [0, 0.05) is 0 Å². The zero-order chi connectivity index (χ0) is 17.5. The summed E-state index contributed by atoms with van der Waals surface area (Å²) in [4.78, 5) is 0. The van der Waals surface area contributed by atoms with E-state index in [1.165, 1.54) is 36.8 Å². The number of fused-ring (bicyclic) bond motifs is 1. The molecular weight excluding hydrogens is 292 g/mol. The van der Waals surface area contributed by atoms with Gasteiger partial charge < -0.3 is 4.74 Å². The van der Waals surface area contributed by atoms with Gasteiger partial charge in [-0.2, -0.15) is 0 Å². The minimum Gasteiger partial charge on any atom is -0.497 e. The molecule has 3 atom stereocenters. The van der Waals surface area contributed by atoms with Gasteiger partial charge in [-0.3, -0.25) is 0 Å². The van der Waals surface area contributed by atoms with Crippen molar-refractivity contribution < 1.29 is 4.74 Å². The van der Waals surface area contributed by atoms with E-state index in [-0.39, 0.29) is 0 Å². The van der Waals surface area contributed by atoms with Crippen LogP contribution in [0.1, 0.15) is 64.5 Å². The highest BCUT2D eigenvalue weighted by Gasteiger charge is 2.51. The van der Waals surface area contributed by atoms with E-state index < -0.39 is 0 Å². The fraction of sp³-hybridized carbons (Fsp3) is 0.652. The average Bonchev–Trinajstić information content (AvgIpc) is 2.49. The van der Waals surface area contributed by atoms with Crippen molar-refractivity contribution >= 4 is 0 Å². The smallest absolute Gasteiger partial charge is 0.119 e. The van der Waals surface area contributed by atoms with Crippen molar-refractivity contribution in [2.24, 2.45) is 22.7 Å². The average molecular weight is 327 g/mol. The molecule has 0 aliphatic heterocycles. The molecule has 1 heteroatoms. The molecule has 1 fully saturated rings. The number of methoxy groups -OCH3 is 1. The number of hydrogen-bond acceptors (Lipinski definition) is 1. The molecule has 0 bridgehead atoms. The summed E-state index contributed by atoms with van der Waals surface area (Å²) >= 11 is 0. The van der Waals surface area contributed by atoms with Gasteiger partial charge in [0.25, 0.3) is 0 Å². The molecule has 0 radical (unpaired) electrons. The molecule has 2 aliphatic carbocycles. The first kappa shape index (κ1) is 17.6. The molecule has 0 spiro atoms. The molecule has 0 amide bonds. The second-order valence-corrected chi connectivity index (χ2v) is 9.20. The van der Waals surface area contributed by atoms with Crippen LogP contribution < -0.4 is 4.74 Å². The molecule has 24 heavy (non-hydrogen) atoms. The van der Waals surface area contributed by atoms with Gasteiger partial charge in [-0.25, -0.2) is 0 Å². The summed E-state index contributed by atoms with van der Waals surface area (Å²) in [6.07, 6.45) is 9.08. The Morgan fingerprint density at radius 1 is 1.08 bits per heavy atom. The largest absolute Gasteiger partial charge is 0.497 e. The van der Waals surface area contributed by atoms with Crippen molar-refractivity contribution in [3.63, 3.8) is 0 Å². The molecule has 1 saturated carbocycles. The summed E-state index contributed by atoms with van der Waals surface area (Å²) in [6, 6.07) is 6.71. The van der Waals surface area contributed by atoms with E-state index in [0.717, 1.165) is 18.1 Å². The second-order valence-electron chi connectivity index (χ2n) is 9.20. The van der Waals surface area contributed by atoms with Crippen LogP contribution in [0.2, 0.25) is 0 Å². The standard InChI is InChI=1S/C23H34O/c1-16-12-18(14-19(13-16)24-6)15-20-17(2)8-9-21-22(3,4)10-7-11-23(20,21)5/h8,12-14,20-21H,7,9-11,15H2,1-6H3. The highest BCUT2D eigenvalue weighted by atomic mass is 16.5. The minimum absolute atomic E-state index is 0.428. The number of hydrogen-bond donors (Lipinski definition) is 0. The zero-order valence-electron chi connectivity index (χ0n) is 16.4. The van der Waals surface area contributed by atoms with Crippen molar-refractivity contribution in [2.45, 2.75) is 66.7 Å². The Balaban J connectivity index is 1.95. The maximum absolute atomic E-state index is 5.50. The third kappa shape index (κ3) is 3.03. The maximum Gasteiger partial charge on any atom is 0.119 e. The van der Waals surface area contributed by atoms with Crippen LogP contribution in [0.5, 0.6) is 5.75 Å². The molecule has 132 valence electrons. The summed E-state index contributed by atoms with van der Waals surface area (Å²) < 4.78 is 5.50. The van der Waals surface area contributed by atoms with Crippen molar-refractivity contribution in [3.05, 3.63) is 41.0 Å². The van der Waals surface area contributed by atoms with Crippen molar-refractivity contribution in [1.82, 2.24) is 0 Å².